The van der Waals surface area contributed by atoms with E-state index in [0.29, 0.717) is 11.3 Å². The highest BCUT2D eigenvalue weighted by molar-refractivity contribution is 6.16. The molecule has 1 aromatic rings. The minimum atomic E-state index is -0.612. The lowest BCUT2D eigenvalue weighted by Gasteiger charge is -2.15. The second kappa shape index (κ2) is 6.55. The van der Waals surface area contributed by atoms with E-state index in [9.17, 15) is 9.59 Å². The largest absolute Gasteiger partial charge is 0.490 e. The molecule has 1 aliphatic rings. The number of esters is 2. The SMILES string of the molecule is CCCCCCC(C)Oc1cccc2c1C(=O)OC2=O. The smallest absolute Gasteiger partial charge is 0.350 e. The fraction of sp³-hybridized carbons (Fsp3) is 0.500. The summed E-state index contributed by atoms with van der Waals surface area (Å²) in [7, 11) is 0. The minimum Gasteiger partial charge on any atom is -0.490 e. The first-order valence-electron chi connectivity index (χ1n) is 7.19. The van der Waals surface area contributed by atoms with Crippen LogP contribution in [0.5, 0.6) is 5.75 Å². The summed E-state index contributed by atoms with van der Waals surface area (Å²) in [5.41, 5.74) is 0.559. The molecule has 0 saturated heterocycles. The van der Waals surface area contributed by atoms with Gasteiger partial charge in [0.2, 0.25) is 0 Å². The van der Waals surface area contributed by atoms with Crippen LogP contribution in [0.4, 0.5) is 0 Å². The fourth-order valence-corrected chi connectivity index (χ4v) is 2.33. The molecule has 0 N–H and O–H groups in total. The van der Waals surface area contributed by atoms with Gasteiger partial charge in [0.25, 0.3) is 0 Å². The summed E-state index contributed by atoms with van der Waals surface area (Å²) in [6.07, 6.45) is 5.68. The fourth-order valence-electron chi connectivity index (χ4n) is 2.33. The van der Waals surface area contributed by atoms with E-state index in [4.69, 9.17) is 4.74 Å². The molecule has 0 spiro atoms. The summed E-state index contributed by atoms with van der Waals surface area (Å²) < 4.78 is 10.4. The minimum absolute atomic E-state index is 0.0156. The molecular formula is C16H20O4. The summed E-state index contributed by atoms with van der Waals surface area (Å²) in [6, 6.07) is 5.00. The lowest BCUT2D eigenvalue weighted by molar-refractivity contribution is 0.0442. The Morgan fingerprint density at radius 2 is 1.95 bits per heavy atom. The van der Waals surface area contributed by atoms with Crippen molar-refractivity contribution in [1.29, 1.82) is 0 Å². The molecule has 0 bridgehead atoms. The number of fused-ring (bicyclic) bond motifs is 1. The molecule has 108 valence electrons. The van der Waals surface area contributed by atoms with Crippen molar-refractivity contribution in [2.75, 3.05) is 0 Å². The Morgan fingerprint density at radius 3 is 2.70 bits per heavy atom. The first kappa shape index (κ1) is 14.6. The van der Waals surface area contributed by atoms with Crippen molar-refractivity contribution in [3.05, 3.63) is 29.3 Å². The Balaban J connectivity index is 2.00. The highest BCUT2D eigenvalue weighted by atomic mass is 16.6. The Morgan fingerprint density at radius 1 is 1.15 bits per heavy atom. The average Bonchev–Trinajstić information content (AvgIpc) is 2.71. The third kappa shape index (κ3) is 3.18. The van der Waals surface area contributed by atoms with Gasteiger partial charge in [-0.2, -0.15) is 0 Å². The molecule has 0 aromatic heterocycles. The molecule has 0 saturated carbocycles. The van der Waals surface area contributed by atoms with Crippen LogP contribution < -0.4 is 4.74 Å². The molecule has 0 radical (unpaired) electrons. The molecule has 1 aliphatic heterocycles. The summed E-state index contributed by atoms with van der Waals surface area (Å²) in [4.78, 5) is 23.1. The number of cyclic esters (lactones) is 2. The van der Waals surface area contributed by atoms with E-state index in [1.165, 1.54) is 19.3 Å². The average molecular weight is 276 g/mol. The Labute approximate surface area is 119 Å². The van der Waals surface area contributed by atoms with E-state index in [0.717, 1.165) is 12.8 Å². The topological polar surface area (TPSA) is 52.6 Å². The van der Waals surface area contributed by atoms with Crippen LogP contribution in [0.1, 0.15) is 66.7 Å². The Kier molecular flexibility index (Phi) is 4.77. The van der Waals surface area contributed by atoms with Crippen molar-refractivity contribution < 1.29 is 19.1 Å². The van der Waals surface area contributed by atoms with Gasteiger partial charge < -0.3 is 9.47 Å². The summed E-state index contributed by atoms with van der Waals surface area (Å²) >= 11 is 0. The quantitative estimate of drug-likeness (QED) is 0.432. The third-order valence-corrected chi connectivity index (χ3v) is 3.43. The number of ether oxygens (including phenoxy) is 2. The van der Waals surface area contributed by atoms with Gasteiger partial charge in [0.15, 0.2) is 0 Å². The normalized spacial score (nSPS) is 14.9. The molecule has 0 aliphatic carbocycles. The molecule has 4 heteroatoms. The summed E-state index contributed by atoms with van der Waals surface area (Å²) in [5.74, 6) is -0.758. The van der Waals surface area contributed by atoms with Crippen molar-refractivity contribution in [2.45, 2.75) is 52.1 Å². The maximum Gasteiger partial charge on any atom is 0.350 e. The van der Waals surface area contributed by atoms with Crippen LogP contribution in [0, 0.1) is 0 Å². The van der Waals surface area contributed by atoms with Gasteiger partial charge in [0.1, 0.15) is 11.3 Å². The van der Waals surface area contributed by atoms with Crippen LogP contribution in [0.2, 0.25) is 0 Å². The second-order valence-electron chi connectivity index (χ2n) is 5.13. The maximum absolute atomic E-state index is 11.7. The zero-order valence-electron chi connectivity index (χ0n) is 12.0. The standard InChI is InChI=1S/C16H20O4/c1-3-4-5-6-8-11(2)19-13-10-7-9-12-14(13)16(18)20-15(12)17/h7,9-11H,3-6,8H2,1-2H3. The van der Waals surface area contributed by atoms with Crippen molar-refractivity contribution in [1.82, 2.24) is 0 Å². The van der Waals surface area contributed by atoms with E-state index in [-0.39, 0.29) is 11.7 Å². The van der Waals surface area contributed by atoms with Gasteiger partial charge >= 0.3 is 11.9 Å². The van der Waals surface area contributed by atoms with Crippen LogP contribution in [0.15, 0.2) is 18.2 Å². The van der Waals surface area contributed by atoms with Gasteiger partial charge in [-0.05, 0) is 31.9 Å². The van der Waals surface area contributed by atoms with Crippen LogP contribution in [0.25, 0.3) is 0 Å². The first-order chi connectivity index (χ1) is 9.63. The molecule has 0 fully saturated rings. The number of hydrogen-bond acceptors (Lipinski definition) is 4. The van der Waals surface area contributed by atoms with Crippen LogP contribution >= 0.6 is 0 Å². The third-order valence-electron chi connectivity index (χ3n) is 3.43. The van der Waals surface area contributed by atoms with Crippen LogP contribution in [-0.4, -0.2) is 18.0 Å². The molecule has 1 heterocycles. The molecular weight excluding hydrogens is 256 g/mol. The molecule has 1 atom stereocenters. The van der Waals surface area contributed by atoms with E-state index in [2.05, 4.69) is 11.7 Å². The molecule has 0 amide bonds. The molecule has 4 nitrogen and oxygen atoms in total. The molecule has 20 heavy (non-hydrogen) atoms. The second-order valence-corrected chi connectivity index (χ2v) is 5.13. The van der Waals surface area contributed by atoms with Gasteiger partial charge in [-0.3, -0.25) is 0 Å². The first-order valence-corrected chi connectivity index (χ1v) is 7.19. The lowest BCUT2D eigenvalue weighted by atomic mass is 10.1. The number of hydrogen-bond donors (Lipinski definition) is 0. The maximum atomic E-state index is 11.7. The monoisotopic (exact) mass is 276 g/mol. The predicted octanol–water partition coefficient (Wildman–Crippen LogP) is 3.73. The molecule has 2 rings (SSSR count). The zero-order chi connectivity index (χ0) is 14.5. The van der Waals surface area contributed by atoms with Crippen LogP contribution in [-0.2, 0) is 4.74 Å². The molecule has 1 unspecified atom stereocenters. The summed E-state index contributed by atoms with van der Waals surface area (Å²) in [5, 5.41) is 0. The predicted molar refractivity (Wildman–Crippen MR) is 75.0 cm³/mol. The van der Waals surface area contributed by atoms with Crippen molar-refractivity contribution in [2.24, 2.45) is 0 Å². The highest BCUT2D eigenvalue weighted by Gasteiger charge is 2.33. The van der Waals surface area contributed by atoms with Crippen molar-refractivity contribution in [3.63, 3.8) is 0 Å². The number of carbonyl (C=O) groups excluding carboxylic acids is 2. The van der Waals surface area contributed by atoms with E-state index < -0.39 is 11.9 Å². The van der Waals surface area contributed by atoms with Gasteiger partial charge in [-0.1, -0.05) is 32.3 Å². The van der Waals surface area contributed by atoms with Gasteiger partial charge in [-0.15, -0.1) is 0 Å². The van der Waals surface area contributed by atoms with Gasteiger partial charge in [-0.25, -0.2) is 9.59 Å². The Bertz CT molecular complexity index is 507. The van der Waals surface area contributed by atoms with Crippen LogP contribution in [0.3, 0.4) is 0 Å². The highest BCUT2D eigenvalue weighted by Crippen LogP contribution is 2.30. The number of carbonyl (C=O) groups is 2. The number of benzene rings is 1. The van der Waals surface area contributed by atoms with Crippen molar-refractivity contribution >= 4 is 11.9 Å². The molecule has 1 aromatic carbocycles. The van der Waals surface area contributed by atoms with Gasteiger partial charge in [0, 0.05) is 0 Å². The number of unbranched alkanes of at least 4 members (excludes halogenated alkanes) is 3. The number of rotatable bonds is 7. The Hall–Kier alpha value is -1.84. The van der Waals surface area contributed by atoms with E-state index in [1.807, 2.05) is 6.92 Å². The lowest BCUT2D eigenvalue weighted by Crippen LogP contribution is -2.13. The van der Waals surface area contributed by atoms with E-state index >= 15 is 0 Å². The van der Waals surface area contributed by atoms with Gasteiger partial charge in [0.05, 0.1) is 11.7 Å². The van der Waals surface area contributed by atoms with Crippen molar-refractivity contribution in [3.8, 4) is 5.75 Å². The zero-order valence-corrected chi connectivity index (χ0v) is 12.0. The van der Waals surface area contributed by atoms with E-state index in [1.54, 1.807) is 18.2 Å². The summed E-state index contributed by atoms with van der Waals surface area (Å²) in [6.45, 7) is 4.16.